The van der Waals surface area contributed by atoms with Gasteiger partial charge in [0.25, 0.3) is 5.91 Å². The number of likely N-dealkylation sites (tertiary alicyclic amines) is 1. The lowest BCUT2D eigenvalue weighted by molar-refractivity contribution is -0.140. The monoisotopic (exact) mass is 497 g/mol. The van der Waals surface area contributed by atoms with E-state index in [1.807, 2.05) is 13.1 Å². The van der Waals surface area contributed by atoms with Crippen LogP contribution >= 0.6 is 11.6 Å². The van der Waals surface area contributed by atoms with Gasteiger partial charge in [0.2, 0.25) is 0 Å². The Hall–Kier alpha value is -3.15. The number of carbonyl (C=O) groups excluding carboxylic acids is 1. The number of nitrogens with one attached hydrogen (secondary N) is 3. The van der Waals surface area contributed by atoms with Crippen molar-refractivity contribution >= 4 is 29.4 Å². The first-order valence-electron chi connectivity index (χ1n) is 11.7. The van der Waals surface area contributed by atoms with Crippen LogP contribution in [0.25, 0.3) is 0 Å². The Balaban J connectivity index is 1.42. The zero-order chi connectivity index (χ0) is 25.0. The van der Waals surface area contributed by atoms with Crippen molar-refractivity contribution in [1.82, 2.24) is 10.2 Å². The summed E-state index contributed by atoms with van der Waals surface area (Å²) in [7, 11) is 1.81. The summed E-state index contributed by atoms with van der Waals surface area (Å²) >= 11 is 6.47. The molecule has 9 heteroatoms. The molecule has 2 aliphatic heterocycles. The Bertz CT molecular complexity index is 1130. The number of hydrogen-bond acceptors (Lipinski definition) is 6. The molecule has 0 saturated carbocycles. The molecule has 35 heavy (non-hydrogen) atoms. The highest BCUT2D eigenvalue weighted by molar-refractivity contribution is 6.31. The summed E-state index contributed by atoms with van der Waals surface area (Å²) in [6.07, 6.45) is 2.77. The minimum atomic E-state index is -0.681. The van der Waals surface area contributed by atoms with Crippen LogP contribution in [0.15, 0.2) is 36.4 Å². The molecule has 2 aromatic carbocycles. The summed E-state index contributed by atoms with van der Waals surface area (Å²) in [4.78, 5) is 15.0. The lowest BCUT2D eigenvalue weighted by Gasteiger charge is -2.39. The molecule has 0 aromatic heterocycles. The van der Waals surface area contributed by atoms with Crippen LogP contribution in [0.5, 0.6) is 5.75 Å². The molecule has 1 fully saturated rings. The first kappa shape index (κ1) is 25.0. The number of benzene rings is 2. The fourth-order valence-corrected chi connectivity index (χ4v) is 5.10. The minimum Gasteiger partial charge on any atom is -0.477 e. The van der Waals surface area contributed by atoms with Crippen LogP contribution in [0.3, 0.4) is 0 Å². The molecule has 1 saturated heterocycles. The lowest BCUT2D eigenvalue weighted by Crippen LogP contribution is -2.51. The van der Waals surface area contributed by atoms with Crippen LogP contribution < -0.4 is 15.4 Å². The van der Waals surface area contributed by atoms with E-state index < -0.39 is 11.5 Å². The standard InChI is InChI=1S/C26H29ClFN5O2/c1-31-21(6-9-29)19-12-23-22(13-20(19)27)32-15-24(35-23)25(34)33-10-7-26(16-30,8-11-33)14-17-2-4-18(28)5-3-17/h2-5,9,12-13,21,24,29,31-32H,6-8,10-11,14-15H2,1H3. The molecule has 0 spiro atoms. The summed E-state index contributed by atoms with van der Waals surface area (Å²) in [6.45, 7) is 1.26. The van der Waals surface area contributed by atoms with Crippen LogP contribution in [-0.2, 0) is 11.2 Å². The fraction of sp³-hybridized carbons (Fsp3) is 0.423. The van der Waals surface area contributed by atoms with E-state index in [0.717, 1.165) is 16.8 Å². The first-order valence-corrected chi connectivity index (χ1v) is 12.1. The number of fused-ring (bicyclic) bond motifs is 1. The molecule has 184 valence electrons. The number of ether oxygens (including phenoxy) is 1. The highest BCUT2D eigenvalue weighted by Crippen LogP contribution is 2.39. The van der Waals surface area contributed by atoms with Crippen molar-refractivity contribution in [3.8, 4) is 11.8 Å². The molecule has 4 rings (SSSR count). The van der Waals surface area contributed by atoms with Crippen LogP contribution in [0.2, 0.25) is 5.02 Å². The van der Waals surface area contributed by atoms with Crippen molar-refractivity contribution in [2.45, 2.75) is 37.8 Å². The normalized spacial score (nSPS) is 19.5. The highest BCUT2D eigenvalue weighted by atomic mass is 35.5. The van der Waals surface area contributed by atoms with Crippen LogP contribution in [0, 0.1) is 28.0 Å². The molecule has 3 N–H and O–H groups in total. The number of halogens is 2. The SMILES string of the molecule is CNC(CC=N)c1cc2c(cc1Cl)NCC(C(=O)N1CCC(C#N)(Cc3ccc(F)cc3)CC1)O2. The maximum Gasteiger partial charge on any atom is 0.265 e. The smallest absolute Gasteiger partial charge is 0.265 e. The molecule has 2 aromatic rings. The molecule has 2 heterocycles. The summed E-state index contributed by atoms with van der Waals surface area (Å²) < 4.78 is 19.3. The number of rotatable bonds is 7. The van der Waals surface area contributed by atoms with Gasteiger partial charge in [-0.25, -0.2) is 4.39 Å². The molecule has 7 nitrogen and oxygen atoms in total. The number of nitriles is 1. The van der Waals surface area contributed by atoms with Crippen molar-refractivity contribution < 1.29 is 13.9 Å². The summed E-state index contributed by atoms with van der Waals surface area (Å²) in [5, 5.41) is 24.3. The number of anilines is 1. The Morgan fingerprint density at radius 1 is 1.40 bits per heavy atom. The Morgan fingerprint density at radius 3 is 2.74 bits per heavy atom. The van der Waals surface area contributed by atoms with E-state index in [1.54, 1.807) is 23.1 Å². The summed E-state index contributed by atoms with van der Waals surface area (Å²) in [5.74, 6) is 0.144. The minimum absolute atomic E-state index is 0.113. The summed E-state index contributed by atoms with van der Waals surface area (Å²) in [6, 6.07) is 12.2. The van der Waals surface area contributed by atoms with Gasteiger partial charge < -0.3 is 25.7 Å². The van der Waals surface area contributed by atoms with Crippen molar-refractivity contribution in [3.63, 3.8) is 0 Å². The third-order valence-electron chi connectivity index (χ3n) is 6.92. The third kappa shape index (κ3) is 5.42. The number of nitrogens with zero attached hydrogens (tertiary/aromatic N) is 2. The van der Waals surface area contributed by atoms with Gasteiger partial charge >= 0.3 is 0 Å². The van der Waals surface area contributed by atoms with Gasteiger partial charge in [-0.2, -0.15) is 5.26 Å². The topological polar surface area (TPSA) is 101 Å². The van der Waals surface area contributed by atoms with Gasteiger partial charge in [-0.3, -0.25) is 4.79 Å². The first-order chi connectivity index (χ1) is 16.9. The summed E-state index contributed by atoms with van der Waals surface area (Å²) in [5.41, 5.74) is 1.88. The second-order valence-electron chi connectivity index (χ2n) is 9.16. The molecular weight excluding hydrogens is 469 g/mol. The molecule has 1 amide bonds. The van der Waals surface area contributed by atoms with Crippen molar-refractivity contribution in [2.75, 3.05) is 32.0 Å². The van der Waals surface area contributed by atoms with E-state index in [9.17, 15) is 14.4 Å². The van der Waals surface area contributed by atoms with E-state index in [4.69, 9.17) is 21.7 Å². The molecular formula is C26H29ClFN5O2. The van der Waals surface area contributed by atoms with E-state index in [2.05, 4.69) is 16.7 Å². The van der Waals surface area contributed by atoms with Gasteiger partial charge in [0.05, 0.1) is 23.7 Å². The van der Waals surface area contributed by atoms with E-state index in [-0.39, 0.29) is 17.8 Å². The van der Waals surface area contributed by atoms with E-state index in [1.165, 1.54) is 18.3 Å². The number of piperidine rings is 1. The molecule has 0 aliphatic carbocycles. The Kier molecular flexibility index (Phi) is 7.58. The van der Waals surface area contributed by atoms with Crippen molar-refractivity contribution in [3.05, 3.63) is 58.4 Å². The third-order valence-corrected chi connectivity index (χ3v) is 7.25. The molecule has 2 atom stereocenters. The fourth-order valence-electron chi connectivity index (χ4n) is 4.81. The molecule has 0 bridgehead atoms. The molecule has 2 unspecified atom stereocenters. The zero-order valence-electron chi connectivity index (χ0n) is 19.6. The van der Waals surface area contributed by atoms with Crippen LogP contribution in [0.1, 0.15) is 36.4 Å². The Labute approximate surface area is 209 Å². The van der Waals surface area contributed by atoms with Gasteiger partial charge in [-0.1, -0.05) is 23.7 Å². The number of carbonyl (C=O) groups is 1. The van der Waals surface area contributed by atoms with Gasteiger partial charge in [0, 0.05) is 30.6 Å². The van der Waals surface area contributed by atoms with E-state index >= 15 is 0 Å². The second kappa shape index (κ2) is 10.6. The molecule has 0 radical (unpaired) electrons. The molecule has 2 aliphatic rings. The van der Waals surface area contributed by atoms with Crippen molar-refractivity contribution in [2.24, 2.45) is 5.41 Å². The van der Waals surface area contributed by atoms with Crippen LogP contribution in [-0.4, -0.2) is 49.8 Å². The average molecular weight is 498 g/mol. The van der Waals surface area contributed by atoms with Gasteiger partial charge in [-0.05, 0) is 67.9 Å². The predicted octanol–water partition coefficient (Wildman–Crippen LogP) is 4.33. The number of hydrogen-bond donors (Lipinski definition) is 3. The second-order valence-corrected chi connectivity index (χ2v) is 9.57. The van der Waals surface area contributed by atoms with Crippen molar-refractivity contribution in [1.29, 1.82) is 10.7 Å². The maximum absolute atomic E-state index is 13.3. The lowest BCUT2D eigenvalue weighted by atomic mass is 9.75. The zero-order valence-corrected chi connectivity index (χ0v) is 20.4. The van der Waals surface area contributed by atoms with Gasteiger partial charge in [0.15, 0.2) is 6.10 Å². The van der Waals surface area contributed by atoms with Gasteiger partial charge in [-0.15, -0.1) is 0 Å². The quantitative estimate of drug-likeness (QED) is 0.494. The average Bonchev–Trinajstić information content (AvgIpc) is 2.88. The van der Waals surface area contributed by atoms with Crippen LogP contribution in [0.4, 0.5) is 10.1 Å². The maximum atomic E-state index is 13.3. The predicted molar refractivity (Wildman–Crippen MR) is 134 cm³/mol. The van der Waals surface area contributed by atoms with E-state index in [0.29, 0.717) is 56.1 Å². The largest absolute Gasteiger partial charge is 0.477 e. The van der Waals surface area contributed by atoms with Gasteiger partial charge in [0.1, 0.15) is 11.6 Å². The number of amides is 1. The highest BCUT2D eigenvalue weighted by Gasteiger charge is 2.39. The Morgan fingerprint density at radius 2 is 2.11 bits per heavy atom.